The third kappa shape index (κ3) is 7.80. The molecule has 0 aromatic heterocycles. The van der Waals surface area contributed by atoms with Crippen molar-refractivity contribution in [1.29, 1.82) is 0 Å². The number of sulfonamides is 1. The Labute approximate surface area is 151 Å². The third-order valence-corrected chi connectivity index (χ3v) is 4.55. The molecule has 0 heterocycles. The lowest BCUT2D eigenvalue weighted by Gasteiger charge is -2.20. The van der Waals surface area contributed by atoms with Crippen LogP contribution in [0.2, 0.25) is 5.02 Å². The monoisotopic (exact) mass is 393 g/mol. The Morgan fingerprint density at radius 3 is 2.40 bits per heavy atom. The second kappa shape index (κ2) is 8.59. The highest BCUT2D eigenvalue weighted by Gasteiger charge is 2.17. The predicted molar refractivity (Wildman–Crippen MR) is 92.1 cm³/mol. The fourth-order valence-electron chi connectivity index (χ4n) is 1.76. The standard InChI is InChI=1S/C15H21ClFN3O4S/c1-15(2,3)20-14(22)9-18-13(21)6-7-19-25(23,24)10-4-5-12(17)11(16)8-10/h4-5,8,19H,6-7,9H2,1-3H3,(H,18,21)(H,20,22). The maximum Gasteiger partial charge on any atom is 0.240 e. The number of hydrogen-bond donors (Lipinski definition) is 3. The molecule has 0 aliphatic carbocycles. The van der Waals surface area contributed by atoms with Gasteiger partial charge in [0.25, 0.3) is 0 Å². The van der Waals surface area contributed by atoms with E-state index in [0.717, 1.165) is 18.2 Å². The van der Waals surface area contributed by atoms with E-state index in [4.69, 9.17) is 11.6 Å². The van der Waals surface area contributed by atoms with Crippen molar-refractivity contribution < 1.29 is 22.4 Å². The van der Waals surface area contributed by atoms with Crippen molar-refractivity contribution in [1.82, 2.24) is 15.4 Å². The van der Waals surface area contributed by atoms with Gasteiger partial charge in [0.2, 0.25) is 21.8 Å². The number of amides is 2. The van der Waals surface area contributed by atoms with E-state index in [9.17, 15) is 22.4 Å². The fourth-order valence-corrected chi connectivity index (χ4v) is 3.06. The minimum Gasteiger partial charge on any atom is -0.350 e. The first-order valence-electron chi connectivity index (χ1n) is 7.43. The molecule has 140 valence electrons. The number of hydrogen-bond acceptors (Lipinski definition) is 4. The molecule has 1 aromatic carbocycles. The van der Waals surface area contributed by atoms with Gasteiger partial charge in [0.1, 0.15) is 5.82 Å². The van der Waals surface area contributed by atoms with Crippen molar-refractivity contribution in [3.63, 3.8) is 0 Å². The molecule has 7 nitrogen and oxygen atoms in total. The minimum absolute atomic E-state index is 0.156. The van der Waals surface area contributed by atoms with Gasteiger partial charge in [0, 0.05) is 18.5 Å². The van der Waals surface area contributed by atoms with Crippen molar-refractivity contribution in [2.75, 3.05) is 13.1 Å². The van der Waals surface area contributed by atoms with Crippen LogP contribution in [0.15, 0.2) is 23.1 Å². The molecule has 0 radical (unpaired) electrons. The SMILES string of the molecule is CC(C)(C)NC(=O)CNC(=O)CCNS(=O)(=O)c1ccc(F)c(Cl)c1. The van der Waals surface area contributed by atoms with Crippen molar-refractivity contribution in [3.05, 3.63) is 29.0 Å². The summed E-state index contributed by atoms with van der Waals surface area (Å²) in [5.74, 6) is -1.56. The molecular weight excluding hydrogens is 373 g/mol. The zero-order valence-electron chi connectivity index (χ0n) is 14.2. The smallest absolute Gasteiger partial charge is 0.240 e. The number of nitrogens with one attached hydrogen (secondary N) is 3. The number of carbonyl (C=O) groups is 2. The van der Waals surface area contributed by atoms with Gasteiger partial charge in [-0.3, -0.25) is 9.59 Å². The summed E-state index contributed by atoms with van der Waals surface area (Å²) >= 11 is 5.55. The lowest BCUT2D eigenvalue weighted by molar-refractivity contribution is -0.126. The molecule has 0 saturated carbocycles. The molecule has 0 fully saturated rings. The van der Waals surface area contributed by atoms with Crippen LogP contribution in [-0.2, 0) is 19.6 Å². The molecule has 0 saturated heterocycles. The van der Waals surface area contributed by atoms with Gasteiger partial charge in [-0.25, -0.2) is 17.5 Å². The van der Waals surface area contributed by atoms with Crippen LogP contribution >= 0.6 is 11.6 Å². The van der Waals surface area contributed by atoms with E-state index in [2.05, 4.69) is 15.4 Å². The molecule has 0 aliphatic heterocycles. The number of benzene rings is 1. The molecule has 1 aromatic rings. The summed E-state index contributed by atoms with van der Waals surface area (Å²) in [6, 6.07) is 2.99. The highest BCUT2D eigenvalue weighted by atomic mass is 35.5. The van der Waals surface area contributed by atoms with Crippen LogP contribution in [-0.4, -0.2) is 38.9 Å². The summed E-state index contributed by atoms with van der Waals surface area (Å²) in [6.45, 7) is 5.05. The van der Waals surface area contributed by atoms with Gasteiger partial charge in [-0.1, -0.05) is 11.6 Å². The molecule has 25 heavy (non-hydrogen) atoms. The van der Waals surface area contributed by atoms with Crippen molar-refractivity contribution in [3.8, 4) is 0 Å². The van der Waals surface area contributed by atoms with Gasteiger partial charge in [-0.15, -0.1) is 0 Å². The second-order valence-corrected chi connectivity index (χ2v) is 8.47. The largest absolute Gasteiger partial charge is 0.350 e. The summed E-state index contributed by atoms with van der Waals surface area (Å²) in [4.78, 5) is 23.0. The first kappa shape index (κ1) is 21.3. The lowest BCUT2D eigenvalue weighted by atomic mass is 10.1. The van der Waals surface area contributed by atoms with Gasteiger partial charge < -0.3 is 10.6 Å². The highest BCUT2D eigenvalue weighted by molar-refractivity contribution is 7.89. The molecule has 0 atom stereocenters. The van der Waals surface area contributed by atoms with E-state index in [0.29, 0.717) is 0 Å². The van der Waals surface area contributed by atoms with Gasteiger partial charge in [-0.05, 0) is 39.0 Å². The normalized spacial score (nSPS) is 11.9. The van der Waals surface area contributed by atoms with Gasteiger partial charge in [-0.2, -0.15) is 0 Å². The molecule has 0 aliphatic rings. The van der Waals surface area contributed by atoms with Gasteiger partial charge >= 0.3 is 0 Å². The molecule has 0 spiro atoms. The molecule has 2 amide bonds. The Hall–Kier alpha value is -1.71. The molecular formula is C15H21ClFN3O4S. The Morgan fingerprint density at radius 1 is 1.20 bits per heavy atom. The Kier molecular flexibility index (Phi) is 7.33. The van der Waals surface area contributed by atoms with Gasteiger partial charge in [0.15, 0.2) is 0 Å². The first-order valence-corrected chi connectivity index (χ1v) is 9.29. The predicted octanol–water partition coefficient (Wildman–Crippen LogP) is 1.18. The summed E-state index contributed by atoms with van der Waals surface area (Å²) < 4.78 is 39.3. The lowest BCUT2D eigenvalue weighted by Crippen LogP contribution is -2.46. The first-order chi connectivity index (χ1) is 11.4. The zero-order chi connectivity index (χ0) is 19.3. The Bertz CT molecular complexity index is 748. The fraction of sp³-hybridized carbons (Fsp3) is 0.467. The Morgan fingerprint density at radius 2 is 1.84 bits per heavy atom. The van der Waals surface area contributed by atoms with E-state index in [-0.39, 0.29) is 35.3 Å². The van der Waals surface area contributed by atoms with Crippen LogP contribution in [0.5, 0.6) is 0 Å². The average Bonchev–Trinajstić information content (AvgIpc) is 2.46. The van der Waals surface area contributed by atoms with Crippen LogP contribution < -0.4 is 15.4 Å². The Balaban J connectivity index is 2.44. The van der Waals surface area contributed by atoms with Gasteiger partial charge in [0.05, 0.1) is 16.5 Å². The maximum atomic E-state index is 13.1. The highest BCUT2D eigenvalue weighted by Crippen LogP contribution is 2.19. The van der Waals surface area contributed by atoms with E-state index >= 15 is 0 Å². The van der Waals surface area contributed by atoms with E-state index in [1.807, 2.05) is 20.8 Å². The van der Waals surface area contributed by atoms with E-state index in [1.54, 1.807) is 0 Å². The summed E-state index contributed by atoms with van der Waals surface area (Å²) in [5, 5.41) is 4.75. The van der Waals surface area contributed by atoms with Crippen LogP contribution in [0.1, 0.15) is 27.2 Å². The number of halogens is 2. The topological polar surface area (TPSA) is 104 Å². The minimum atomic E-state index is -3.91. The second-order valence-electron chi connectivity index (χ2n) is 6.30. The number of carbonyl (C=O) groups excluding carboxylic acids is 2. The molecule has 0 unspecified atom stereocenters. The summed E-state index contributed by atoms with van der Waals surface area (Å²) in [7, 11) is -3.91. The van der Waals surface area contributed by atoms with E-state index in [1.165, 1.54) is 0 Å². The molecule has 0 bridgehead atoms. The zero-order valence-corrected chi connectivity index (χ0v) is 15.7. The van der Waals surface area contributed by atoms with Crippen LogP contribution in [0, 0.1) is 5.82 Å². The maximum absolute atomic E-state index is 13.1. The molecule has 3 N–H and O–H groups in total. The molecule has 1 rings (SSSR count). The molecule has 10 heteroatoms. The average molecular weight is 394 g/mol. The quantitative estimate of drug-likeness (QED) is 0.646. The third-order valence-electron chi connectivity index (χ3n) is 2.81. The number of rotatable bonds is 7. The summed E-state index contributed by atoms with van der Waals surface area (Å²) in [6.07, 6.45) is -0.156. The van der Waals surface area contributed by atoms with Crippen molar-refractivity contribution >= 4 is 33.4 Å². The van der Waals surface area contributed by atoms with Crippen LogP contribution in [0.3, 0.4) is 0 Å². The van der Waals surface area contributed by atoms with Crippen molar-refractivity contribution in [2.45, 2.75) is 37.6 Å². The summed E-state index contributed by atoms with van der Waals surface area (Å²) in [5.41, 5.74) is -0.409. The van der Waals surface area contributed by atoms with Crippen LogP contribution in [0.25, 0.3) is 0 Å². The van der Waals surface area contributed by atoms with E-state index < -0.39 is 27.3 Å². The van der Waals surface area contributed by atoms with Crippen molar-refractivity contribution in [2.24, 2.45) is 0 Å². The van der Waals surface area contributed by atoms with Crippen LogP contribution in [0.4, 0.5) is 4.39 Å².